The zero-order valence-electron chi connectivity index (χ0n) is 13.4. The maximum atomic E-state index is 6.17. The predicted octanol–water partition coefficient (Wildman–Crippen LogP) is 3.34. The fourth-order valence-corrected chi connectivity index (χ4v) is 3.46. The van der Waals surface area contributed by atoms with E-state index in [1.807, 2.05) is 6.92 Å². The molecule has 118 valence electrons. The number of rotatable bonds is 2. The van der Waals surface area contributed by atoms with Gasteiger partial charge < -0.3 is 13.7 Å². The van der Waals surface area contributed by atoms with E-state index in [1.165, 1.54) is 0 Å². The number of aromatic nitrogens is 3. The van der Waals surface area contributed by atoms with Gasteiger partial charge in [0.15, 0.2) is 0 Å². The summed E-state index contributed by atoms with van der Waals surface area (Å²) < 4.78 is 20.4. The zero-order chi connectivity index (χ0) is 15.9. The molecule has 1 saturated carbocycles. The van der Waals surface area contributed by atoms with Gasteiger partial charge in [-0.2, -0.15) is 9.50 Å². The summed E-state index contributed by atoms with van der Waals surface area (Å²) >= 11 is 3.29. The SMILES string of the molecule is Cc1oc2nc(Br)nn2c1C1CC1B1OC(C)(C)C(C)(C)O1. The number of fused-ring (bicyclic) bond motifs is 1. The largest absolute Gasteiger partial charge is 0.461 e. The van der Waals surface area contributed by atoms with Crippen LogP contribution < -0.4 is 0 Å². The van der Waals surface area contributed by atoms with E-state index in [4.69, 9.17) is 13.7 Å². The molecule has 0 amide bonds. The number of hydrogen-bond donors (Lipinski definition) is 0. The van der Waals surface area contributed by atoms with Crippen LogP contribution in [0.5, 0.6) is 0 Å². The quantitative estimate of drug-likeness (QED) is 0.761. The summed E-state index contributed by atoms with van der Waals surface area (Å²) in [6.45, 7) is 10.3. The van der Waals surface area contributed by atoms with Crippen LogP contribution in [-0.2, 0) is 9.31 Å². The molecule has 1 saturated heterocycles. The Hall–Kier alpha value is -0.855. The lowest BCUT2D eigenvalue weighted by Gasteiger charge is -2.32. The fraction of sp³-hybridized carbons (Fsp3) is 0.714. The summed E-state index contributed by atoms with van der Waals surface area (Å²) in [6, 6.07) is 0. The van der Waals surface area contributed by atoms with Crippen LogP contribution in [0.4, 0.5) is 0 Å². The third-order valence-electron chi connectivity index (χ3n) is 5.20. The molecule has 3 heterocycles. The summed E-state index contributed by atoms with van der Waals surface area (Å²) in [5.41, 5.74) is 0.497. The molecule has 22 heavy (non-hydrogen) atoms. The van der Waals surface area contributed by atoms with Crippen LogP contribution in [0.2, 0.25) is 5.82 Å². The highest BCUT2D eigenvalue weighted by Crippen LogP contribution is 2.59. The summed E-state index contributed by atoms with van der Waals surface area (Å²) in [5.74, 6) is 2.07. The normalized spacial score (nSPS) is 29.5. The van der Waals surface area contributed by atoms with Crippen molar-refractivity contribution in [2.45, 2.75) is 64.0 Å². The number of aryl methyl sites for hydroxylation is 1. The first-order valence-corrected chi connectivity index (χ1v) is 8.36. The average molecular weight is 368 g/mol. The summed E-state index contributed by atoms with van der Waals surface area (Å²) in [6.07, 6.45) is 1.02. The maximum Gasteiger partial charge on any atom is 0.461 e. The van der Waals surface area contributed by atoms with Crippen LogP contribution in [0.1, 0.15) is 51.5 Å². The van der Waals surface area contributed by atoms with Gasteiger partial charge in [-0.3, -0.25) is 0 Å². The number of nitrogens with zero attached hydrogens (tertiary/aromatic N) is 3. The van der Waals surface area contributed by atoms with Crippen molar-refractivity contribution in [2.24, 2.45) is 0 Å². The lowest BCUT2D eigenvalue weighted by Crippen LogP contribution is -2.41. The van der Waals surface area contributed by atoms with Gasteiger partial charge >= 0.3 is 13.0 Å². The van der Waals surface area contributed by atoms with Gasteiger partial charge in [0.05, 0.1) is 16.9 Å². The average Bonchev–Trinajstić information content (AvgIpc) is 2.91. The number of oxazole rings is 1. The van der Waals surface area contributed by atoms with Crippen LogP contribution in [0, 0.1) is 6.92 Å². The van der Waals surface area contributed by atoms with E-state index in [2.05, 4.69) is 53.7 Å². The molecule has 2 atom stereocenters. The standard InChI is InChI=1S/C14H19BBrN3O3/c1-7-10(19-12(20-7)17-11(16)18-19)8-6-9(8)15-21-13(2,3)14(4,5)22-15/h8-9H,6H2,1-5H3. The fourth-order valence-electron chi connectivity index (χ4n) is 3.15. The van der Waals surface area contributed by atoms with Crippen LogP contribution >= 0.6 is 15.9 Å². The highest BCUT2D eigenvalue weighted by Gasteiger charge is 2.61. The van der Waals surface area contributed by atoms with Gasteiger partial charge in [0.2, 0.25) is 4.73 Å². The second-order valence-corrected chi connectivity index (χ2v) is 7.96. The Balaban J connectivity index is 1.61. The van der Waals surface area contributed by atoms with Gasteiger partial charge in [0.1, 0.15) is 5.76 Å². The van der Waals surface area contributed by atoms with Crippen LogP contribution in [-0.4, -0.2) is 32.9 Å². The molecule has 8 heteroatoms. The van der Waals surface area contributed by atoms with Crippen molar-refractivity contribution in [3.63, 3.8) is 0 Å². The smallest absolute Gasteiger partial charge is 0.427 e. The van der Waals surface area contributed by atoms with Crippen molar-refractivity contribution in [2.75, 3.05) is 0 Å². The van der Waals surface area contributed by atoms with Gasteiger partial charge in [-0.15, -0.1) is 5.10 Å². The van der Waals surface area contributed by atoms with E-state index in [0.29, 0.717) is 22.3 Å². The molecule has 0 bridgehead atoms. The second-order valence-electron chi connectivity index (χ2n) is 7.25. The summed E-state index contributed by atoms with van der Waals surface area (Å²) in [5, 5.41) is 4.36. The molecule has 2 fully saturated rings. The van der Waals surface area contributed by atoms with Crippen molar-refractivity contribution in [1.82, 2.24) is 14.6 Å². The van der Waals surface area contributed by atoms with E-state index >= 15 is 0 Å². The summed E-state index contributed by atoms with van der Waals surface area (Å²) in [4.78, 5) is 4.21. The van der Waals surface area contributed by atoms with Gasteiger partial charge in [-0.1, -0.05) is 0 Å². The van der Waals surface area contributed by atoms with E-state index in [9.17, 15) is 0 Å². The van der Waals surface area contributed by atoms with Gasteiger partial charge in [-0.05, 0) is 57.0 Å². The van der Waals surface area contributed by atoms with Crippen molar-refractivity contribution >= 4 is 28.9 Å². The monoisotopic (exact) mass is 367 g/mol. The first kappa shape index (κ1) is 14.7. The third-order valence-corrected chi connectivity index (χ3v) is 5.53. The molecule has 6 nitrogen and oxygen atoms in total. The Kier molecular flexibility index (Phi) is 2.92. The molecule has 2 aromatic heterocycles. The van der Waals surface area contributed by atoms with E-state index < -0.39 is 0 Å². The minimum Gasteiger partial charge on any atom is -0.427 e. The van der Waals surface area contributed by atoms with Crippen LogP contribution in [0.25, 0.3) is 5.84 Å². The molecule has 2 aromatic rings. The molecule has 0 radical (unpaired) electrons. The molecule has 1 aliphatic carbocycles. The Morgan fingerprint density at radius 1 is 1.23 bits per heavy atom. The molecule has 2 aliphatic rings. The first-order chi connectivity index (χ1) is 10.2. The number of hydrogen-bond acceptors (Lipinski definition) is 5. The molecule has 0 aromatic carbocycles. The third kappa shape index (κ3) is 2.00. The van der Waals surface area contributed by atoms with E-state index in [-0.39, 0.29) is 18.3 Å². The molecular formula is C14H19BBrN3O3. The van der Waals surface area contributed by atoms with Gasteiger partial charge in [0, 0.05) is 11.7 Å². The molecular weight excluding hydrogens is 349 g/mol. The predicted molar refractivity (Wildman–Crippen MR) is 84.9 cm³/mol. The molecule has 2 unspecified atom stereocenters. The van der Waals surface area contributed by atoms with Crippen molar-refractivity contribution in [3.05, 3.63) is 16.2 Å². The molecule has 0 N–H and O–H groups in total. The van der Waals surface area contributed by atoms with Crippen LogP contribution in [0.15, 0.2) is 9.15 Å². The Bertz CT molecular complexity index is 738. The Morgan fingerprint density at radius 3 is 2.50 bits per heavy atom. The highest BCUT2D eigenvalue weighted by atomic mass is 79.9. The van der Waals surface area contributed by atoms with Crippen molar-refractivity contribution in [3.8, 4) is 0 Å². The lowest BCUT2D eigenvalue weighted by atomic mass is 9.80. The molecule has 4 rings (SSSR count). The highest BCUT2D eigenvalue weighted by molar-refractivity contribution is 9.10. The lowest BCUT2D eigenvalue weighted by molar-refractivity contribution is 0.00578. The van der Waals surface area contributed by atoms with Crippen molar-refractivity contribution in [1.29, 1.82) is 0 Å². The van der Waals surface area contributed by atoms with Crippen LogP contribution in [0.3, 0.4) is 0 Å². The minimum absolute atomic E-state index is 0.175. The number of halogens is 1. The molecule has 0 spiro atoms. The zero-order valence-corrected chi connectivity index (χ0v) is 15.0. The summed E-state index contributed by atoms with van der Waals surface area (Å²) in [7, 11) is -0.175. The Labute approximate surface area is 137 Å². The van der Waals surface area contributed by atoms with Crippen molar-refractivity contribution < 1.29 is 13.7 Å². The Morgan fingerprint density at radius 2 is 1.86 bits per heavy atom. The van der Waals surface area contributed by atoms with Gasteiger partial charge in [0.25, 0.3) is 0 Å². The van der Waals surface area contributed by atoms with E-state index in [0.717, 1.165) is 17.9 Å². The van der Waals surface area contributed by atoms with E-state index in [1.54, 1.807) is 4.52 Å². The first-order valence-electron chi connectivity index (χ1n) is 7.57. The molecule has 1 aliphatic heterocycles. The van der Waals surface area contributed by atoms with Gasteiger partial charge in [-0.25, -0.2) is 0 Å². The minimum atomic E-state index is -0.290. The maximum absolute atomic E-state index is 6.17. The topological polar surface area (TPSA) is 61.8 Å². The second kappa shape index (κ2) is 4.36.